The van der Waals surface area contributed by atoms with E-state index >= 15 is 0 Å². The van der Waals surface area contributed by atoms with Crippen molar-refractivity contribution >= 4 is 12.1 Å². The van der Waals surface area contributed by atoms with Crippen molar-refractivity contribution in [3.63, 3.8) is 0 Å². The number of hydrogen-bond acceptors (Lipinski definition) is 10. The van der Waals surface area contributed by atoms with Gasteiger partial charge in [-0.05, 0) is 64.6 Å². The molecule has 0 saturated carbocycles. The molecule has 3 aliphatic rings. The lowest BCUT2D eigenvalue weighted by molar-refractivity contribution is -0.151. The van der Waals surface area contributed by atoms with Gasteiger partial charge in [0.05, 0.1) is 36.4 Å². The molecule has 49 heavy (non-hydrogen) atoms. The quantitative estimate of drug-likeness (QED) is 0.0713. The number of nitrogens with zero attached hydrogens (tertiary/aromatic N) is 2. The van der Waals surface area contributed by atoms with Gasteiger partial charge in [-0.2, -0.15) is 0 Å². The number of cyclic esters (lactones) is 1. The maximum absolute atomic E-state index is 13.3. The number of ether oxygens (including phenoxy) is 3. The molecule has 11 nitrogen and oxygen atoms in total. The van der Waals surface area contributed by atoms with Crippen molar-refractivity contribution in [3.8, 4) is 0 Å². The zero-order chi connectivity index (χ0) is 36.4. The molecular formula is C38H64N2O9. The summed E-state index contributed by atoms with van der Waals surface area (Å²) in [5.41, 5.74) is -1.93. The van der Waals surface area contributed by atoms with Gasteiger partial charge in [0.15, 0.2) is 6.10 Å². The summed E-state index contributed by atoms with van der Waals surface area (Å²) in [5.74, 6) is -0.941. The summed E-state index contributed by atoms with van der Waals surface area (Å²) in [6, 6.07) is 0. The Labute approximate surface area is 294 Å². The fourth-order valence-corrected chi connectivity index (χ4v) is 6.72. The Kier molecular flexibility index (Phi) is 15.8. The van der Waals surface area contributed by atoms with Crippen molar-refractivity contribution < 1.29 is 44.2 Å². The van der Waals surface area contributed by atoms with Gasteiger partial charge in [0, 0.05) is 44.4 Å². The third kappa shape index (κ3) is 13.1. The summed E-state index contributed by atoms with van der Waals surface area (Å²) in [7, 11) is 0. The van der Waals surface area contributed by atoms with E-state index in [1.807, 2.05) is 27.7 Å². The van der Waals surface area contributed by atoms with Crippen LogP contribution in [-0.2, 0) is 19.0 Å². The summed E-state index contributed by atoms with van der Waals surface area (Å²) >= 11 is 0. The van der Waals surface area contributed by atoms with E-state index in [9.17, 15) is 30.0 Å². The van der Waals surface area contributed by atoms with Crippen LogP contribution >= 0.6 is 0 Å². The second kappa shape index (κ2) is 18.8. The molecule has 280 valence electrons. The molecule has 0 aliphatic carbocycles. The van der Waals surface area contributed by atoms with Crippen molar-refractivity contribution in [2.75, 3.05) is 32.7 Å². The topological polar surface area (TPSA) is 153 Å². The first-order valence-corrected chi connectivity index (χ1v) is 18.4. The number of aliphatic hydroxyl groups excluding tert-OH is 2. The van der Waals surface area contributed by atoms with Crippen molar-refractivity contribution in [1.82, 2.24) is 9.80 Å². The molecule has 3 rings (SSSR count). The SMILES string of the molecule is CCCCCN1CCN(C(=O)OC2C=CC(C)C(C(C)=CC=CC(C)(O)CC3OC3C(C)C(O)CC)OC(=O)CC(O)CCC2(C)O)CC1. The van der Waals surface area contributed by atoms with E-state index < -0.39 is 47.7 Å². The molecule has 0 aromatic carbocycles. The van der Waals surface area contributed by atoms with Crippen LogP contribution in [0, 0.1) is 11.8 Å². The number of carbonyl (C=O) groups is 2. The molecule has 0 spiro atoms. The van der Waals surface area contributed by atoms with Gasteiger partial charge in [0.1, 0.15) is 11.7 Å². The number of hydrogen-bond donors (Lipinski definition) is 4. The highest BCUT2D eigenvalue weighted by molar-refractivity contribution is 5.70. The highest BCUT2D eigenvalue weighted by Gasteiger charge is 2.47. The number of unbranched alkanes of at least 4 members (excludes halogenated alkanes) is 2. The van der Waals surface area contributed by atoms with Crippen molar-refractivity contribution in [2.24, 2.45) is 11.8 Å². The Morgan fingerprint density at radius 2 is 1.90 bits per heavy atom. The van der Waals surface area contributed by atoms with E-state index in [1.165, 1.54) is 12.8 Å². The van der Waals surface area contributed by atoms with E-state index in [1.54, 1.807) is 49.1 Å². The number of piperazine rings is 1. The fourth-order valence-electron chi connectivity index (χ4n) is 6.72. The molecule has 3 aliphatic heterocycles. The van der Waals surface area contributed by atoms with Crippen molar-refractivity contribution in [2.45, 2.75) is 148 Å². The number of esters is 1. The van der Waals surface area contributed by atoms with E-state index in [0.717, 1.165) is 26.1 Å². The van der Waals surface area contributed by atoms with Gasteiger partial charge < -0.3 is 39.5 Å². The normalized spacial score (nSPS) is 33.2. The van der Waals surface area contributed by atoms with Crippen LogP contribution in [0.15, 0.2) is 36.0 Å². The average Bonchev–Trinajstić information content (AvgIpc) is 3.81. The van der Waals surface area contributed by atoms with Crippen LogP contribution in [0.2, 0.25) is 0 Å². The van der Waals surface area contributed by atoms with Gasteiger partial charge >= 0.3 is 12.1 Å². The third-order valence-corrected chi connectivity index (χ3v) is 10.3. The Morgan fingerprint density at radius 3 is 2.55 bits per heavy atom. The van der Waals surface area contributed by atoms with Gasteiger partial charge in [-0.3, -0.25) is 9.69 Å². The number of carbonyl (C=O) groups excluding carboxylic acids is 2. The van der Waals surface area contributed by atoms with Crippen LogP contribution in [0.25, 0.3) is 0 Å². The smallest absolute Gasteiger partial charge is 0.410 e. The highest BCUT2D eigenvalue weighted by Crippen LogP contribution is 2.37. The Bertz CT molecular complexity index is 1140. The zero-order valence-electron chi connectivity index (χ0n) is 30.9. The summed E-state index contributed by atoms with van der Waals surface area (Å²) in [5, 5.41) is 43.3. The summed E-state index contributed by atoms with van der Waals surface area (Å²) in [6.45, 7) is 16.7. The molecular weight excluding hydrogens is 628 g/mol. The first-order valence-electron chi connectivity index (χ1n) is 18.4. The number of epoxide rings is 1. The van der Waals surface area contributed by atoms with Gasteiger partial charge in [-0.1, -0.05) is 64.8 Å². The molecule has 0 aromatic heterocycles. The number of aliphatic hydroxyl groups is 4. The average molecular weight is 693 g/mol. The Hall–Kier alpha value is -2.28. The molecule has 4 N–H and O–H groups in total. The maximum Gasteiger partial charge on any atom is 0.410 e. The van der Waals surface area contributed by atoms with Crippen LogP contribution in [0.3, 0.4) is 0 Å². The first kappa shape index (κ1) is 41.1. The lowest BCUT2D eigenvalue weighted by atomic mass is 9.88. The summed E-state index contributed by atoms with van der Waals surface area (Å²) in [6.07, 6.45) is 9.28. The molecule has 1 amide bonds. The summed E-state index contributed by atoms with van der Waals surface area (Å²) in [4.78, 5) is 30.2. The molecule has 11 heteroatoms. The molecule has 0 bridgehead atoms. The van der Waals surface area contributed by atoms with Crippen LogP contribution < -0.4 is 0 Å². The largest absolute Gasteiger partial charge is 0.457 e. The number of amides is 1. The standard InChI is InChI=1S/C38H64N2O9/c1-8-10-11-19-39-20-22-40(23-21-39)36(44)48-32-15-14-27(4)34(49-33(43)24-29(41)16-18-38(32,7)46)26(3)13-12-17-37(6,45)25-31-35(47-31)28(5)30(42)9-2/h12-15,17,27-32,34-35,41-42,45-46H,8-11,16,18-25H2,1-7H3. The maximum atomic E-state index is 13.3. The van der Waals surface area contributed by atoms with Crippen LogP contribution in [-0.4, -0.2) is 123 Å². The van der Waals surface area contributed by atoms with Crippen LogP contribution in [0.1, 0.15) is 99.8 Å². The van der Waals surface area contributed by atoms with Crippen molar-refractivity contribution in [1.29, 1.82) is 0 Å². The van der Waals surface area contributed by atoms with Gasteiger partial charge in [-0.15, -0.1) is 0 Å². The van der Waals surface area contributed by atoms with Crippen LogP contribution in [0.4, 0.5) is 4.79 Å². The minimum absolute atomic E-state index is 0.0107. The highest BCUT2D eigenvalue weighted by atomic mass is 16.6. The first-order chi connectivity index (χ1) is 23.1. The lowest BCUT2D eigenvalue weighted by Gasteiger charge is -2.37. The molecule has 0 aromatic rings. The van der Waals surface area contributed by atoms with Crippen molar-refractivity contribution in [3.05, 3.63) is 36.0 Å². The Balaban J connectivity index is 1.70. The van der Waals surface area contributed by atoms with Gasteiger partial charge in [0.25, 0.3) is 0 Å². The van der Waals surface area contributed by atoms with E-state index in [-0.39, 0.29) is 43.3 Å². The van der Waals surface area contributed by atoms with E-state index in [4.69, 9.17) is 14.2 Å². The second-order valence-electron chi connectivity index (χ2n) is 15.1. The van der Waals surface area contributed by atoms with Crippen LogP contribution in [0.5, 0.6) is 0 Å². The third-order valence-electron chi connectivity index (χ3n) is 10.3. The number of rotatable bonds is 13. The second-order valence-corrected chi connectivity index (χ2v) is 15.1. The fraction of sp³-hybridized carbons (Fsp3) is 0.789. The van der Waals surface area contributed by atoms with E-state index in [0.29, 0.717) is 31.5 Å². The minimum Gasteiger partial charge on any atom is -0.457 e. The summed E-state index contributed by atoms with van der Waals surface area (Å²) < 4.78 is 17.6. The predicted molar refractivity (Wildman–Crippen MR) is 189 cm³/mol. The monoisotopic (exact) mass is 692 g/mol. The van der Waals surface area contributed by atoms with Gasteiger partial charge in [-0.25, -0.2) is 4.79 Å². The molecule has 0 radical (unpaired) electrons. The molecule has 10 unspecified atom stereocenters. The molecule has 2 saturated heterocycles. The lowest BCUT2D eigenvalue weighted by Crippen LogP contribution is -2.51. The van der Waals surface area contributed by atoms with E-state index in [2.05, 4.69) is 11.8 Å². The minimum atomic E-state index is -1.48. The zero-order valence-corrected chi connectivity index (χ0v) is 30.9. The number of allylic oxidation sites excluding steroid dienone is 2. The molecule has 2 fully saturated rings. The molecule has 10 atom stereocenters. The Morgan fingerprint density at radius 1 is 1.20 bits per heavy atom. The molecule has 3 heterocycles. The van der Waals surface area contributed by atoms with Gasteiger partial charge in [0.2, 0.25) is 0 Å². The predicted octanol–water partition coefficient (Wildman–Crippen LogP) is 4.52.